The second-order valence-electron chi connectivity index (χ2n) is 4.51. The number of fused-ring (bicyclic) bond motifs is 1. The lowest BCUT2D eigenvalue weighted by atomic mass is 10.2. The van der Waals surface area contributed by atoms with E-state index in [-0.39, 0.29) is 0 Å². The van der Waals surface area contributed by atoms with Gasteiger partial charge in [-0.1, -0.05) is 45.2 Å². The highest BCUT2D eigenvalue weighted by Crippen LogP contribution is 2.24. The molecule has 3 aromatic rings. The first-order valence-electron chi connectivity index (χ1n) is 6.62. The number of aryl methyl sites for hydroxylation is 1. The predicted octanol–water partition coefficient (Wildman–Crippen LogP) is 6.38. The molecule has 0 aliphatic heterocycles. The van der Waals surface area contributed by atoms with Crippen molar-refractivity contribution in [3.63, 3.8) is 0 Å². The van der Waals surface area contributed by atoms with Crippen molar-refractivity contribution >= 4 is 61.3 Å². The van der Waals surface area contributed by atoms with Gasteiger partial charge in [-0.05, 0) is 49.5 Å². The molecule has 0 bridgehead atoms. The molecule has 22 heavy (non-hydrogen) atoms. The minimum Gasteiger partial charge on any atom is -0.493 e. The van der Waals surface area contributed by atoms with E-state index >= 15 is 0 Å². The fourth-order valence-electron chi connectivity index (χ4n) is 1.71. The molecule has 6 heteroatoms. The van der Waals surface area contributed by atoms with Crippen molar-refractivity contribution in [2.24, 2.45) is 0 Å². The molecule has 0 unspecified atom stereocenters. The zero-order valence-electron chi connectivity index (χ0n) is 11.9. The van der Waals surface area contributed by atoms with Crippen molar-refractivity contribution < 1.29 is 4.74 Å². The first-order valence-corrected chi connectivity index (χ1v) is 9.34. The Morgan fingerprint density at radius 3 is 2.59 bits per heavy atom. The Morgan fingerprint density at radius 1 is 1.23 bits per heavy atom. The van der Waals surface area contributed by atoms with Gasteiger partial charge in [0.05, 0.1) is 16.8 Å². The maximum atomic E-state index is 5.61. The van der Waals surface area contributed by atoms with Crippen LogP contribution in [0.5, 0.6) is 5.75 Å². The van der Waals surface area contributed by atoms with Gasteiger partial charge in [0.15, 0.2) is 3.95 Å². The van der Waals surface area contributed by atoms with Gasteiger partial charge in [0, 0.05) is 10.4 Å². The lowest BCUT2D eigenvalue weighted by Crippen LogP contribution is -1.96. The summed E-state index contributed by atoms with van der Waals surface area (Å²) in [4.78, 5) is 3.11. The maximum absolute atomic E-state index is 5.61. The smallest absolute Gasteiger partial charge is 0.159 e. The van der Waals surface area contributed by atoms with E-state index in [1.165, 1.54) is 5.56 Å². The summed E-state index contributed by atoms with van der Waals surface area (Å²) >= 11 is 15.6. The van der Waals surface area contributed by atoms with Gasteiger partial charge in [-0.3, -0.25) is 0 Å². The van der Waals surface area contributed by atoms with Gasteiger partial charge in [0.2, 0.25) is 0 Å². The van der Waals surface area contributed by atoms with Gasteiger partial charge in [-0.15, -0.1) is 11.3 Å². The highest BCUT2D eigenvalue weighted by molar-refractivity contribution is 9.09. The molecule has 2 nitrogen and oxygen atoms in total. The van der Waals surface area contributed by atoms with Gasteiger partial charge in [-0.2, -0.15) is 0 Å². The number of hydrogen-bond donors (Lipinski definition) is 1. The molecule has 0 radical (unpaired) electrons. The van der Waals surface area contributed by atoms with Crippen molar-refractivity contribution in [2.45, 2.75) is 6.92 Å². The van der Waals surface area contributed by atoms with E-state index in [0.717, 1.165) is 30.3 Å². The number of rotatable bonds is 3. The van der Waals surface area contributed by atoms with Gasteiger partial charge in [-0.25, -0.2) is 0 Å². The van der Waals surface area contributed by atoms with Gasteiger partial charge in [0.25, 0.3) is 0 Å². The van der Waals surface area contributed by atoms with E-state index in [4.69, 9.17) is 28.6 Å². The van der Waals surface area contributed by atoms with Crippen LogP contribution in [0.1, 0.15) is 5.56 Å². The Bertz CT molecular complexity index is 762. The quantitative estimate of drug-likeness (QED) is 0.396. The molecule has 116 valence electrons. The third kappa shape index (κ3) is 5.39. The lowest BCUT2D eigenvalue weighted by Gasteiger charge is -2.02. The fourth-order valence-corrected chi connectivity index (χ4v) is 3.14. The van der Waals surface area contributed by atoms with Crippen LogP contribution in [0.15, 0.2) is 42.5 Å². The number of thiazole rings is 1. The van der Waals surface area contributed by atoms with Crippen LogP contribution in [-0.4, -0.2) is 16.9 Å². The zero-order chi connectivity index (χ0) is 15.9. The molecule has 0 atom stereocenters. The number of H-pyrrole nitrogens is 1. The number of halogens is 2. The molecular weight excluding hydrogens is 402 g/mol. The van der Waals surface area contributed by atoms with Crippen molar-refractivity contribution in [2.75, 3.05) is 11.9 Å². The molecule has 0 spiro atoms. The van der Waals surface area contributed by atoms with Crippen LogP contribution >= 0.6 is 51.1 Å². The monoisotopic (exact) mass is 415 g/mol. The van der Waals surface area contributed by atoms with E-state index in [0.29, 0.717) is 6.61 Å². The third-order valence-corrected chi connectivity index (χ3v) is 4.52. The second-order valence-corrected chi connectivity index (χ2v) is 7.45. The summed E-state index contributed by atoms with van der Waals surface area (Å²) in [5, 5.41) is 1.64. The molecule has 1 heterocycles. The van der Waals surface area contributed by atoms with Crippen LogP contribution in [0.25, 0.3) is 10.2 Å². The highest BCUT2D eigenvalue weighted by atomic mass is 79.9. The normalized spacial score (nSPS) is 10.1. The van der Waals surface area contributed by atoms with Gasteiger partial charge >= 0.3 is 0 Å². The second kappa shape index (κ2) is 8.67. The van der Waals surface area contributed by atoms with Crippen molar-refractivity contribution in [1.82, 2.24) is 4.98 Å². The third-order valence-electron chi connectivity index (χ3n) is 2.75. The van der Waals surface area contributed by atoms with E-state index in [2.05, 4.69) is 20.9 Å². The maximum Gasteiger partial charge on any atom is 0.159 e. The molecule has 1 aromatic heterocycles. The topological polar surface area (TPSA) is 25.0 Å². The predicted molar refractivity (Wildman–Crippen MR) is 102 cm³/mol. The van der Waals surface area contributed by atoms with Crippen LogP contribution in [0.4, 0.5) is 0 Å². The molecular formula is C16H15BrClNOS2. The number of hydrogen-bond acceptors (Lipinski definition) is 3. The number of nitrogens with one attached hydrogen (secondary N) is 1. The Labute approximate surface area is 152 Å². The van der Waals surface area contributed by atoms with Gasteiger partial charge < -0.3 is 9.72 Å². The van der Waals surface area contributed by atoms with Crippen LogP contribution in [0.3, 0.4) is 0 Å². The lowest BCUT2D eigenvalue weighted by molar-refractivity contribution is 0.345. The summed E-state index contributed by atoms with van der Waals surface area (Å²) in [5.74, 6) is 0.891. The number of aromatic nitrogens is 1. The number of ether oxygens (including phenoxy) is 1. The summed E-state index contributed by atoms with van der Waals surface area (Å²) in [6, 6.07) is 13.7. The Morgan fingerprint density at radius 2 is 1.95 bits per heavy atom. The molecule has 0 saturated heterocycles. The largest absolute Gasteiger partial charge is 0.493 e. The first-order chi connectivity index (χ1) is 10.6. The molecule has 0 aliphatic carbocycles. The van der Waals surface area contributed by atoms with Crippen LogP contribution in [0, 0.1) is 10.9 Å². The minimum absolute atomic E-state index is 0.682. The summed E-state index contributed by atoms with van der Waals surface area (Å²) in [6.45, 7) is 2.72. The summed E-state index contributed by atoms with van der Waals surface area (Å²) in [7, 11) is 0. The van der Waals surface area contributed by atoms with E-state index in [9.17, 15) is 0 Å². The molecule has 0 fully saturated rings. The molecule has 0 amide bonds. The van der Waals surface area contributed by atoms with E-state index < -0.39 is 0 Å². The molecule has 1 N–H and O–H groups in total. The van der Waals surface area contributed by atoms with E-state index in [1.807, 2.05) is 49.4 Å². The number of aromatic amines is 1. The standard InChI is InChI=1S/C9H8BrNOS2.C7H7Cl/c10-3-4-12-6-1-2-7-8(5-6)14-9(13)11-7;1-6-2-4-7(8)5-3-6/h1-2,5H,3-4H2,(H,11,13);2-5H,1H3. The zero-order valence-corrected chi connectivity index (χ0v) is 15.9. The number of alkyl halides is 1. The average molecular weight is 417 g/mol. The van der Waals surface area contributed by atoms with Crippen LogP contribution < -0.4 is 4.74 Å². The average Bonchev–Trinajstić information content (AvgIpc) is 2.88. The first kappa shape index (κ1) is 17.5. The van der Waals surface area contributed by atoms with Crippen molar-refractivity contribution in [3.8, 4) is 5.75 Å². The molecule has 0 saturated carbocycles. The van der Waals surface area contributed by atoms with Crippen LogP contribution in [-0.2, 0) is 0 Å². The Balaban J connectivity index is 0.000000188. The summed E-state index contributed by atoms with van der Waals surface area (Å²) in [5.41, 5.74) is 2.32. The minimum atomic E-state index is 0.682. The van der Waals surface area contributed by atoms with Gasteiger partial charge in [0.1, 0.15) is 5.75 Å². The van der Waals surface area contributed by atoms with Crippen LogP contribution in [0.2, 0.25) is 5.02 Å². The number of benzene rings is 2. The van der Waals surface area contributed by atoms with E-state index in [1.54, 1.807) is 11.3 Å². The molecule has 3 rings (SSSR count). The van der Waals surface area contributed by atoms with Crippen molar-refractivity contribution in [3.05, 3.63) is 57.0 Å². The summed E-state index contributed by atoms with van der Waals surface area (Å²) in [6.07, 6.45) is 0. The fraction of sp³-hybridized carbons (Fsp3) is 0.188. The SMILES string of the molecule is Cc1ccc(Cl)cc1.S=c1[nH]c2ccc(OCCBr)cc2s1. The molecule has 2 aromatic carbocycles. The summed E-state index contributed by atoms with van der Waals surface area (Å²) < 4.78 is 7.43. The Hall–Kier alpha value is -0.880. The molecule has 0 aliphatic rings. The van der Waals surface area contributed by atoms with Crippen molar-refractivity contribution in [1.29, 1.82) is 0 Å². The Kier molecular flexibility index (Phi) is 6.89. The highest BCUT2D eigenvalue weighted by Gasteiger charge is 1.99.